The van der Waals surface area contributed by atoms with Crippen LogP contribution in [0.3, 0.4) is 0 Å². The van der Waals surface area contributed by atoms with Crippen LogP contribution in [0.2, 0.25) is 0 Å². The second-order valence-corrected chi connectivity index (χ2v) is 5.93. The van der Waals surface area contributed by atoms with E-state index in [2.05, 4.69) is 25.9 Å². The van der Waals surface area contributed by atoms with Gasteiger partial charge in [-0.1, -0.05) is 12.1 Å². The first-order valence-corrected chi connectivity index (χ1v) is 8.56. The molecule has 2 aromatic heterocycles. The summed E-state index contributed by atoms with van der Waals surface area (Å²) < 4.78 is 14.6. The van der Waals surface area contributed by atoms with E-state index >= 15 is 0 Å². The molecule has 0 aliphatic rings. The zero-order valence-corrected chi connectivity index (χ0v) is 14.9. The number of rotatable bonds is 7. The quantitative estimate of drug-likeness (QED) is 0.577. The number of urea groups is 1. The third-order valence-corrected chi connectivity index (χ3v) is 3.84. The third kappa shape index (κ3) is 5.63. The highest BCUT2D eigenvalue weighted by Gasteiger charge is 2.06. The number of pyridine rings is 1. The van der Waals surface area contributed by atoms with Gasteiger partial charge in [0.15, 0.2) is 0 Å². The molecule has 8 nitrogen and oxygen atoms in total. The smallest absolute Gasteiger partial charge is 0.315 e. The Balaban J connectivity index is 1.39. The summed E-state index contributed by atoms with van der Waals surface area (Å²) in [5, 5.41) is 7.81. The van der Waals surface area contributed by atoms with Crippen LogP contribution in [0.1, 0.15) is 11.1 Å². The van der Waals surface area contributed by atoms with Crippen molar-refractivity contribution in [3.63, 3.8) is 0 Å². The Morgan fingerprint density at radius 2 is 1.75 bits per heavy atom. The minimum absolute atomic E-state index is 0.158. The third-order valence-electron chi connectivity index (χ3n) is 3.84. The van der Waals surface area contributed by atoms with Crippen LogP contribution in [0.5, 0.6) is 0 Å². The molecule has 0 radical (unpaired) electrons. The summed E-state index contributed by atoms with van der Waals surface area (Å²) in [4.78, 5) is 31.9. The maximum atomic E-state index is 12.8. The van der Waals surface area contributed by atoms with Crippen molar-refractivity contribution in [1.29, 1.82) is 0 Å². The van der Waals surface area contributed by atoms with Crippen LogP contribution in [0.15, 0.2) is 61.3 Å². The number of aromatic nitrogens is 3. The summed E-state index contributed by atoms with van der Waals surface area (Å²) in [5.41, 5.74) is 1.63. The lowest BCUT2D eigenvalue weighted by Crippen LogP contribution is -2.41. The number of benzene rings is 1. The van der Waals surface area contributed by atoms with Crippen molar-refractivity contribution >= 4 is 11.9 Å². The Hall–Kier alpha value is -3.75. The fourth-order valence-electron chi connectivity index (χ4n) is 2.38. The largest absolute Gasteiger partial charge is 0.350 e. The van der Waals surface area contributed by atoms with Crippen molar-refractivity contribution in [3.8, 4) is 5.82 Å². The molecule has 9 heteroatoms. The van der Waals surface area contributed by atoms with Gasteiger partial charge in [0.2, 0.25) is 5.91 Å². The second-order valence-electron chi connectivity index (χ2n) is 5.93. The zero-order valence-electron chi connectivity index (χ0n) is 14.9. The summed E-state index contributed by atoms with van der Waals surface area (Å²) >= 11 is 0. The highest BCUT2D eigenvalue weighted by molar-refractivity contribution is 5.83. The molecule has 0 aliphatic carbocycles. The number of imidazole rings is 1. The van der Waals surface area contributed by atoms with Crippen molar-refractivity contribution in [1.82, 2.24) is 30.5 Å². The maximum Gasteiger partial charge on any atom is 0.315 e. The number of amides is 3. The van der Waals surface area contributed by atoms with Crippen molar-refractivity contribution in [2.45, 2.75) is 13.1 Å². The Kier molecular flexibility index (Phi) is 6.29. The second kappa shape index (κ2) is 9.26. The molecule has 3 N–H and O–H groups in total. The van der Waals surface area contributed by atoms with Gasteiger partial charge in [-0.15, -0.1) is 0 Å². The number of hydrogen-bond donors (Lipinski definition) is 3. The topological polar surface area (TPSA) is 101 Å². The monoisotopic (exact) mass is 382 g/mol. The molecule has 0 aliphatic heterocycles. The Labute approximate surface area is 160 Å². The lowest BCUT2D eigenvalue weighted by Gasteiger charge is -2.09. The number of carbonyl (C=O) groups excluding carboxylic acids is 2. The van der Waals surface area contributed by atoms with E-state index in [1.165, 1.54) is 12.1 Å². The minimum Gasteiger partial charge on any atom is -0.350 e. The Morgan fingerprint density at radius 1 is 0.964 bits per heavy atom. The van der Waals surface area contributed by atoms with Crippen LogP contribution < -0.4 is 16.0 Å². The van der Waals surface area contributed by atoms with E-state index in [4.69, 9.17) is 0 Å². The van der Waals surface area contributed by atoms with E-state index in [1.807, 2.05) is 6.07 Å². The molecule has 0 saturated heterocycles. The van der Waals surface area contributed by atoms with Crippen molar-refractivity contribution in [2.24, 2.45) is 0 Å². The highest BCUT2D eigenvalue weighted by atomic mass is 19.1. The van der Waals surface area contributed by atoms with Gasteiger partial charge in [-0.2, -0.15) is 0 Å². The summed E-state index contributed by atoms with van der Waals surface area (Å²) in [6.45, 7) is 0.387. The average molecular weight is 382 g/mol. The molecule has 2 heterocycles. The van der Waals surface area contributed by atoms with E-state index in [9.17, 15) is 14.0 Å². The van der Waals surface area contributed by atoms with Crippen LogP contribution in [-0.4, -0.2) is 33.0 Å². The van der Waals surface area contributed by atoms with E-state index < -0.39 is 6.03 Å². The van der Waals surface area contributed by atoms with Gasteiger partial charge < -0.3 is 16.0 Å². The average Bonchev–Trinajstić information content (AvgIpc) is 3.25. The molecule has 0 bridgehead atoms. The van der Waals surface area contributed by atoms with E-state index in [1.54, 1.807) is 47.7 Å². The van der Waals surface area contributed by atoms with Crippen molar-refractivity contribution < 1.29 is 14.0 Å². The fraction of sp³-hybridized carbons (Fsp3) is 0.158. The fourth-order valence-corrected chi connectivity index (χ4v) is 2.38. The molecular formula is C19H19FN6O2. The van der Waals surface area contributed by atoms with Crippen LogP contribution in [-0.2, 0) is 17.9 Å². The zero-order chi connectivity index (χ0) is 19.8. The summed E-state index contributed by atoms with van der Waals surface area (Å²) in [6.07, 6.45) is 6.72. The first-order chi connectivity index (χ1) is 13.6. The van der Waals surface area contributed by atoms with Gasteiger partial charge >= 0.3 is 6.03 Å². The first-order valence-electron chi connectivity index (χ1n) is 8.56. The predicted octanol–water partition coefficient (Wildman–Crippen LogP) is 1.52. The number of nitrogens with one attached hydrogen (secondary N) is 3. The van der Waals surface area contributed by atoms with E-state index in [0.717, 1.165) is 11.1 Å². The standard InChI is InChI=1S/C19H19FN6O2/c20-16-3-1-14(2-4-16)10-24-19(28)25-12-18(27)23-11-15-5-6-22-17(9-15)26-8-7-21-13-26/h1-9,13H,10-12H2,(H,23,27)(H2,24,25,28). The lowest BCUT2D eigenvalue weighted by atomic mass is 10.2. The van der Waals surface area contributed by atoms with Gasteiger partial charge in [0.1, 0.15) is 18.0 Å². The van der Waals surface area contributed by atoms with Gasteiger partial charge in [0.25, 0.3) is 0 Å². The molecule has 3 rings (SSSR count). The molecule has 0 atom stereocenters. The normalized spacial score (nSPS) is 10.3. The number of carbonyl (C=O) groups is 2. The lowest BCUT2D eigenvalue weighted by molar-refractivity contribution is -0.120. The molecule has 0 spiro atoms. The minimum atomic E-state index is -0.481. The van der Waals surface area contributed by atoms with Crippen LogP contribution in [0, 0.1) is 5.82 Å². The van der Waals surface area contributed by atoms with Gasteiger partial charge in [-0.3, -0.25) is 9.36 Å². The molecule has 1 aromatic carbocycles. The molecule has 3 amide bonds. The molecule has 144 valence electrons. The number of nitrogens with zero attached hydrogens (tertiary/aromatic N) is 3. The van der Waals surface area contributed by atoms with Gasteiger partial charge in [-0.05, 0) is 35.4 Å². The molecule has 28 heavy (non-hydrogen) atoms. The summed E-state index contributed by atoms with van der Waals surface area (Å²) in [6, 6.07) is 8.95. The summed E-state index contributed by atoms with van der Waals surface area (Å²) in [5.74, 6) is 0.0386. The van der Waals surface area contributed by atoms with Gasteiger partial charge in [0.05, 0.1) is 6.54 Å². The maximum absolute atomic E-state index is 12.8. The van der Waals surface area contributed by atoms with Crippen LogP contribution >= 0.6 is 0 Å². The van der Waals surface area contributed by atoms with E-state index in [-0.39, 0.29) is 24.8 Å². The Morgan fingerprint density at radius 3 is 2.50 bits per heavy atom. The van der Waals surface area contributed by atoms with E-state index in [0.29, 0.717) is 12.4 Å². The van der Waals surface area contributed by atoms with Crippen LogP contribution in [0.25, 0.3) is 5.82 Å². The molecule has 0 unspecified atom stereocenters. The molecule has 0 saturated carbocycles. The number of halogens is 1. The summed E-state index contributed by atoms with van der Waals surface area (Å²) in [7, 11) is 0. The predicted molar refractivity (Wildman–Crippen MR) is 99.8 cm³/mol. The van der Waals surface area contributed by atoms with Crippen molar-refractivity contribution in [3.05, 3.63) is 78.3 Å². The number of hydrogen-bond acceptors (Lipinski definition) is 4. The molecule has 3 aromatic rings. The van der Waals surface area contributed by atoms with Gasteiger partial charge in [-0.25, -0.2) is 19.2 Å². The van der Waals surface area contributed by atoms with Crippen LogP contribution in [0.4, 0.5) is 9.18 Å². The first kappa shape index (κ1) is 19.0. The molecular weight excluding hydrogens is 363 g/mol. The van der Waals surface area contributed by atoms with Gasteiger partial charge in [0, 0.05) is 31.7 Å². The highest BCUT2D eigenvalue weighted by Crippen LogP contribution is 2.06. The Bertz CT molecular complexity index is 928. The van der Waals surface area contributed by atoms with Crippen molar-refractivity contribution in [2.75, 3.05) is 6.54 Å². The SMILES string of the molecule is O=C(CNC(=O)NCc1ccc(F)cc1)NCc1ccnc(-n2ccnc2)c1. The molecule has 0 fully saturated rings.